The highest BCUT2D eigenvalue weighted by Gasteiger charge is 2.41. The Labute approximate surface area is 202 Å². The van der Waals surface area contributed by atoms with E-state index in [2.05, 4.69) is 22.4 Å². The molecule has 3 aromatic rings. The van der Waals surface area contributed by atoms with E-state index in [1.165, 1.54) is 11.0 Å². The zero-order valence-corrected chi connectivity index (χ0v) is 19.8. The van der Waals surface area contributed by atoms with Crippen LogP contribution >= 0.6 is 0 Å². The molecule has 1 fully saturated rings. The lowest BCUT2D eigenvalue weighted by molar-refractivity contribution is -0.138. The molecule has 1 N–H and O–H groups in total. The molecule has 35 heavy (non-hydrogen) atoms. The minimum atomic E-state index is -4.52. The first-order chi connectivity index (χ1) is 16.7. The first-order valence-electron chi connectivity index (χ1n) is 11.9. The van der Waals surface area contributed by atoms with Gasteiger partial charge in [-0.1, -0.05) is 19.1 Å². The van der Waals surface area contributed by atoms with Crippen LogP contribution in [0.15, 0.2) is 42.7 Å². The van der Waals surface area contributed by atoms with Crippen molar-refractivity contribution in [3.05, 3.63) is 76.4 Å². The van der Waals surface area contributed by atoms with Gasteiger partial charge < -0.3 is 14.8 Å². The number of aromatic nitrogens is 3. The summed E-state index contributed by atoms with van der Waals surface area (Å²) >= 11 is 0. The molecular formula is C26H28F3N5O. The number of halogens is 3. The average Bonchev–Trinajstić information content (AvgIpc) is 3.41. The summed E-state index contributed by atoms with van der Waals surface area (Å²) in [6, 6.07) is 10.4. The third-order valence-corrected chi connectivity index (χ3v) is 7.18. The van der Waals surface area contributed by atoms with Crippen molar-refractivity contribution in [2.24, 2.45) is 7.05 Å². The summed E-state index contributed by atoms with van der Waals surface area (Å²) in [5.41, 5.74) is 1.70. The number of fused-ring (bicyclic) bond motifs is 1. The molecule has 0 radical (unpaired) electrons. The zero-order chi connectivity index (χ0) is 24.7. The van der Waals surface area contributed by atoms with Crippen LogP contribution in [0, 0.1) is 0 Å². The molecule has 1 amide bonds. The van der Waals surface area contributed by atoms with Gasteiger partial charge in [0.05, 0.1) is 12.1 Å². The molecule has 184 valence electrons. The van der Waals surface area contributed by atoms with E-state index in [1.807, 2.05) is 29.8 Å². The minimum absolute atomic E-state index is 0.0261. The number of alkyl halides is 3. The monoisotopic (exact) mass is 483 g/mol. The van der Waals surface area contributed by atoms with E-state index in [0.29, 0.717) is 24.2 Å². The Balaban J connectivity index is 1.46. The number of anilines is 1. The summed E-state index contributed by atoms with van der Waals surface area (Å²) in [6.07, 6.45) is -0.501. The molecule has 3 heterocycles. The number of rotatable bonds is 5. The summed E-state index contributed by atoms with van der Waals surface area (Å²) in [7, 11) is 1.88. The standard InChI is InChI=1S/C26H28F3N5O/c1-16(9-24-32-31-15-33(24)2)17-5-3-7-20(10-17)34-14-22-21(25(34)35)11-19(12-23(22)26(27,28)29)18-6-4-8-30-13-18/h3,5,7,10-12,15-16,18,30H,4,6,8-9,13-14H2,1-2H3/t16-,18+/m1/s1. The van der Waals surface area contributed by atoms with Crippen LogP contribution in [0.5, 0.6) is 0 Å². The van der Waals surface area contributed by atoms with Gasteiger partial charge in [-0.25, -0.2) is 0 Å². The number of nitrogens with zero attached hydrogens (tertiary/aromatic N) is 4. The van der Waals surface area contributed by atoms with Gasteiger partial charge in [-0.2, -0.15) is 13.2 Å². The van der Waals surface area contributed by atoms with Crippen molar-refractivity contribution >= 4 is 11.6 Å². The Morgan fingerprint density at radius 3 is 2.74 bits per heavy atom. The molecule has 2 aliphatic heterocycles. The van der Waals surface area contributed by atoms with Crippen molar-refractivity contribution in [1.82, 2.24) is 20.1 Å². The topological polar surface area (TPSA) is 63.1 Å². The molecule has 9 heteroatoms. The van der Waals surface area contributed by atoms with Gasteiger partial charge in [0.25, 0.3) is 5.91 Å². The second-order valence-corrected chi connectivity index (χ2v) is 9.59. The van der Waals surface area contributed by atoms with Crippen molar-refractivity contribution in [3.63, 3.8) is 0 Å². The largest absolute Gasteiger partial charge is 0.416 e. The van der Waals surface area contributed by atoms with Crippen molar-refractivity contribution < 1.29 is 18.0 Å². The van der Waals surface area contributed by atoms with Crippen molar-refractivity contribution in [1.29, 1.82) is 0 Å². The summed E-state index contributed by atoms with van der Waals surface area (Å²) in [4.78, 5) is 14.9. The quantitative estimate of drug-likeness (QED) is 0.566. The summed E-state index contributed by atoms with van der Waals surface area (Å²) < 4.78 is 44.1. The highest BCUT2D eigenvalue weighted by Crippen LogP contribution is 2.41. The SMILES string of the molecule is C[C@H](Cc1nncn1C)c1cccc(N2Cc3c(cc([C@H]4CCCNC4)cc3C(F)(F)F)C2=O)c1. The first-order valence-corrected chi connectivity index (χ1v) is 11.9. The maximum Gasteiger partial charge on any atom is 0.416 e. The van der Waals surface area contributed by atoms with Gasteiger partial charge in [0.15, 0.2) is 0 Å². The van der Waals surface area contributed by atoms with Gasteiger partial charge >= 0.3 is 6.18 Å². The third-order valence-electron chi connectivity index (χ3n) is 7.18. The highest BCUT2D eigenvalue weighted by molar-refractivity contribution is 6.10. The van der Waals surface area contributed by atoms with E-state index in [1.54, 1.807) is 18.5 Å². The number of piperidine rings is 1. The molecule has 2 aliphatic rings. The Bertz CT molecular complexity index is 1250. The van der Waals surface area contributed by atoms with Crippen LogP contribution in [-0.4, -0.2) is 33.8 Å². The third kappa shape index (κ3) is 4.57. The lowest BCUT2D eigenvalue weighted by Gasteiger charge is -2.24. The van der Waals surface area contributed by atoms with Crippen LogP contribution in [0.2, 0.25) is 0 Å². The number of hydrogen-bond donors (Lipinski definition) is 1. The van der Waals surface area contributed by atoms with Gasteiger partial charge in [-0.15, -0.1) is 10.2 Å². The fraction of sp³-hybridized carbons (Fsp3) is 0.423. The van der Waals surface area contributed by atoms with Crippen molar-refractivity contribution in [3.8, 4) is 0 Å². The predicted octanol–water partition coefficient (Wildman–Crippen LogP) is 4.81. The van der Waals surface area contributed by atoms with E-state index >= 15 is 0 Å². The fourth-order valence-electron chi connectivity index (χ4n) is 5.15. The predicted molar refractivity (Wildman–Crippen MR) is 126 cm³/mol. The number of carbonyl (C=O) groups is 1. The molecule has 0 bridgehead atoms. The van der Waals surface area contributed by atoms with Crippen LogP contribution in [-0.2, 0) is 26.2 Å². The molecule has 0 unspecified atom stereocenters. The lowest BCUT2D eigenvalue weighted by atomic mass is 9.87. The maximum atomic E-state index is 14.1. The summed E-state index contributed by atoms with van der Waals surface area (Å²) in [5, 5.41) is 11.3. The Kier molecular flexibility index (Phi) is 6.13. The Hall–Kier alpha value is -3.20. The van der Waals surface area contributed by atoms with Gasteiger partial charge in [0.1, 0.15) is 12.2 Å². The second-order valence-electron chi connectivity index (χ2n) is 9.59. The summed E-state index contributed by atoms with van der Waals surface area (Å²) in [6.45, 7) is 3.46. The van der Waals surface area contributed by atoms with E-state index in [-0.39, 0.29) is 35.4 Å². The molecule has 0 aliphatic carbocycles. The fourth-order valence-corrected chi connectivity index (χ4v) is 5.15. The number of amides is 1. The smallest absolute Gasteiger partial charge is 0.321 e. The molecule has 0 spiro atoms. The molecule has 6 nitrogen and oxygen atoms in total. The number of aryl methyl sites for hydroxylation is 1. The van der Waals surface area contributed by atoms with Gasteiger partial charge in [-0.3, -0.25) is 4.79 Å². The molecule has 2 aromatic carbocycles. The molecular weight excluding hydrogens is 455 g/mol. The van der Waals surface area contributed by atoms with Gasteiger partial charge in [0.2, 0.25) is 0 Å². The normalized spacial score (nSPS) is 19.2. The van der Waals surface area contributed by atoms with Crippen molar-refractivity contribution in [2.75, 3.05) is 18.0 Å². The van der Waals surface area contributed by atoms with Crippen LogP contribution in [0.25, 0.3) is 0 Å². The van der Waals surface area contributed by atoms with Gasteiger partial charge in [0, 0.05) is 31.3 Å². The minimum Gasteiger partial charge on any atom is -0.321 e. The summed E-state index contributed by atoms with van der Waals surface area (Å²) in [5.74, 6) is 0.525. The van der Waals surface area contributed by atoms with E-state index in [4.69, 9.17) is 0 Å². The molecule has 1 saturated heterocycles. The molecule has 0 saturated carbocycles. The number of benzene rings is 2. The van der Waals surface area contributed by atoms with E-state index in [0.717, 1.165) is 30.8 Å². The average molecular weight is 484 g/mol. The zero-order valence-electron chi connectivity index (χ0n) is 19.8. The van der Waals surface area contributed by atoms with Crippen molar-refractivity contribution in [2.45, 2.75) is 50.7 Å². The van der Waals surface area contributed by atoms with Crippen LogP contribution < -0.4 is 10.2 Å². The van der Waals surface area contributed by atoms with E-state index in [9.17, 15) is 18.0 Å². The van der Waals surface area contributed by atoms with E-state index < -0.39 is 11.7 Å². The molecule has 2 atom stereocenters. The maximum absolute atomic E-state index is 14.1. The lowest BCUT2D eigenvalue weighted by Crippen LogP contribution is -2.28. The number of hydrogen-bond acceptors (Lipinski definition) is 4. The first kappa shape index (κ1) is 23.5. The Morgan fingerprint density at radius 1 is 1.23 bits per heavy atom. The molecule has 1 aromatic heterocycles. The second kappa shape index (κ2) is 9.11. The highest BCUT2D eigenvalue weighted by atomic mass is 19.4. The molecule has 5 rings (SSSR count). The van der Waals surface area contributed by atoms with Gasteiger partial charge in [-0.05, 0) is 72.2 Å². The van der Waals surface area contributed by atoms with Crippen LogP contribution in [0.3, 0.4) is 0 Å². The van der Waals surface area contributed by atoms with Crippen LogP contribution in [0.4, 0.5) is 18.9 Å². The Morgan fingerprint density at radius 2 is 2.06 bits per heavy atom. The van der Waals surface area contributed by atoms with Crippen LogP contribution in [0.1, 0.15) is 70.0 Å². The number of nitrogens with one attached hydrogen (secondary N) is 1. The number of carbonyl (C=O) groups excluding carboxylic acids is 1.